The lowest BCUT2D eigenvalue weighted by atomic mass is 9.77. The highest BCUT2D eigenvalue weighted by Gasteiger charge is 2.43. The minimum atomic E-state index is 0.128. The third-order valence-electron chi connectivity index (χ3n) is 6.02. The van der Waals surface area contributed by atoms with Gasteiger partial charge in [0.1, 0.15) is 5.76 Å². The SMILES string of the molecule is Cc1cncc(C(=O)N2C[C@@H]3CCC[C@H](N(C)Cc4ccco4)[C@H]3C2)c1. The number of aromatic nitrogens is 1. The summed E-state index contributed by atoms with van der Waals surface area (Å²) in [6.45, 7) is 4.54. The van der Waals surface area contributed by atoms with E-state index >= 15 is 0 Å². The number of aryl methyl sites for hydroxylation is 1. The fourth-order valence-electron chi connectivity index (χ4n) is 4.77. The summed E-state index contributed by atoms with van der Waals surface area (Å²) in [6.07, 6.45) is 8.89. The molecule has 0 unspecified atom stereocenters. The van der Waals surface area contributed by atoms with Gasteiger partial charge in [-0.25, -0.2) is 0 Å². The Labute approximate surface area is 155 Å². The second-order valence-corrected chi connectivity index (χ2v) is 7.88. The molecule has 4 rings (SSSR count). The predicted octanol–water partition coefficient (Wildman–Crippen LogP) is 3.36. The Morgan fingerprint density at radius 3 is 3.00 bits per heavy atom. The van der Waals surface area contributed by atoms with Gasteiger partial charge in [-0.2, -0.15) is 0 Å². The van der Waals surface area contributed by atoms with Crippen LogP contribution in [0, 0.1) is 18.8 Å². The molecule has 1 saturated carbocycles. The topological polar surface area (TPSA) is 49.6 Å². The second-order valence-electron chi connectivity index (χ2n) is 7.88. The van der Waals surface area contributed by atoms with Crippen LogP contribution in [-0.4, -0.2) is 46.9 Å². The summed E-state index contributed by atoms with van der Waals surface area (Å²) in [4.78, 5) is 21.6. The molecule has 1 aliphatic carbocycles. The summed E-state index contributed by atoms with van der Waals surface area (Å²) < 4.78 is 5.52. The normalized spacial score (nSPS) is 25.5. The first-order chi connectivity index (χ1) is 12.6. The molecule has 2 aromatic rings. The molecule has 3 atom stereocenters. The molecule has 1 amide bonds. The maximum absolute atomic E-state index is 12.9. The van der Waals surface area contributed by atoms with E-state index in [1.165, 1.54) is 19.3 Å². The van der Waals surface area contributed by atoms with Crippen LogP contribution in [0.25, 0.3) is 0 Å². The number of nitrogens with zero attached hydrogens (tertiary/aromatic N) is 3. The van der Waals surface area contributed by atoms with Crippen molar-refractivity contribution in [3.05, 3.63) is 53.7 Å². The van der Waals surface area contributed by atoms with Gasteiger partial charge in [0, 0.05) is 31.5 Å². The van der Waals surface area contributed by atoms with E-state index < -0.39 is 0 Å². The van der Waals surface area contributed by atoms with Crippen LogP contribution in [0.4, 0.5) is 0 Å². The van der Waals surface area contributed by atoms with Crippen molar-refractivity contribution in [2.24, 2.45) is 11.8 Å². The first kappa shape index (κ1) is 17.3. The summed E-state index contributed by atoms with van der Waals surface area (Å²) in [5.74, 6) is 2.29. The number of likely N-dealkylation sites (tertiary alicyclic amines) is 1. The van der Waals surface area contributed by atoms with Crippen molar-refractivity contribution in [1.82, 2.24) is 14.8 Å². The van der Waals surface area contributed by atoms with Crippen LogP contribution < -0.4 is 0 Å². The molecule has 2 aliphatic rings. The maximum Gasteiger partial charge on any atom is 0.255 e. The lowest BCUT2D eigenvalue weighted by Crippen LogP contribution is -2.43. The summed E-state index contributed by atoms with van der Waals surface area (Å²) in [5.41, 5.74) is 1.74. The molecule has 138 valence electrons. The molecule has 3 heterocycles. The van der Waals surface area contributed by atoms with E-state index in [-0.39, 0.29) is 5.91 Å². The van der Waals surface area contributed by atoms with Gasteiger partial charge in [-0.05, 0) is 62.4 Å². The standard InChI is InChI=1S/C21H27N3O2/c1-15-9-17(11-22-10-15)21(25)24-12-16-5-3-7-20(19(16)14-24)23(2)13-18-6-4-8-26-18/h4,6,8-11,16,19-20H,3,5,7,12-14H2,1-2H3/t16-,19-,20-/m0/s1. The summed E-state index contributed by atoms with van der Waals surface area (Å²) >= 11 is 0. The number of hydrogen-bond acceptors (Lipinski definition) is 4. The molecule has 0 radical (unpaired) electrons. The zero-order chi connectivity index (χ0) is 18.1. The van der Waals surface area contributed by atoms with E-state index in [0.717, 1.165) is 31.0 Å². The molecule has 5 nitrogen and oxygen atoms in total. The quantitative estimate of drug-likeness (QED) is 0.846. The largest absolute Gasteiger partial charge is 0.468 e. The first-order valence-electron chi connectivity index (χ1n) is 9.55. The molecule has 2 aromatic heterocycles. The molecule has 2 fully saturated rings. The Bertz CT molecular complexity index is 758. The lowest BCUT2D eigenvalue weighted by Gasteiger charge is -2.38. The van der Waals surface area contributed by atoms with E-state index in [9.17, 15) is 4.79 Å². The molecular weight excluding hydrogens is 326 g/mol. The monoisotopic (exact) mass is 353 g/mol. The Hall–Kier alpha value is -2.14. The highest BCUT2D eigenvalue weighted by atomic mass is 16.3. The van der Waals surface area contributed by atoms with Crippen molar-refractivity contribution in [2.75, 3.05) is 20.1 Å². The van der Waals surface area contributed by atoms with Crippen molar-refractivity contribution in [3.8, 4) is 0 Å². The number of carbonyl (C=O) groups excluding carboxylic acids is 1. The second kappa shape index (κ2) is 7.23. The van der Waals surface area contributed by atoms with E-state index in [0.29, 0.717) is 23.4 Å². The molecule has 5 heteroatoms. The average Bonchev–Trinajstić information content (AvgIpc) is 3.29. The zero-order valence-electron chi connectivity index (χ0n) is 15.6. The summed E-state index contributed by atoms with van der Waals surface area (Å²) in [5, 5.41) is 0. The van der Waals surface area contributed by atoms with E-state index in [2.05, 4.69) is 16.9 Å². The molecule has 0 N–H and O–H groups in total. The highest BCUT2D eigenvalue weighted by Crippen LogP contribution is 2.39. The number of amides is 1. The number of hydrogen-bond donors (Lipinski definition) is 0. The van der Waals surface area contributed by atoms with E-state index in [1.54, 1.807) is 18.7 Å². The summed E-state index contributed by atoms with van der Waals surface area (Å²) in [6, 6.07) is 6.43. The van der Waals surface area contributed by atoms with Crippen LogP contribution in [0.15, 0.2) is 41.3 Å². The van der Waals surface area contributed by atoms with Crippen molar-refractivity contribution in [3.63, 3.8) is 0 Å². The van der Waals surface area contributed by atoms with Gasteiger partial charge in [0.2, 0.25) is 0 Å². The fourth-order valence-corrected chi connectivity index (χ4v) is 4.77. The smallest absolute Gasteiger partial charge is 0.255 e. The number of pyridine rings is 1. The third-order valence-corrected chi connectivity index (χ3v) is 6.02. The summed E-state index contributed by atoms with van der Waals surface area (Å²) in [7, 11) is 2.19. The highest BCUT2D eigenvalue weighted by molar-refractivity contribution is 5.94. The molecule has 0 bridgehead atoms. The van der Waals surface area contributed by atoms with Gasteiger partial charge >= 0.3 is 0 Å². The maximum atomic E-state index is 12.9. The number of furan rings is 1. The first-order valence-corrected chi connectivity index (χ1v) is 9.55. The van der Waals surface area contributed by atoms with E-state index in [1.807, 2.05) is 30.0 Å². The lowest BCUT2D eigenvalue weighted by molar-refractivity contribution is 0.0766. The molecule has 26 heavy (non-hydrogen) atoms. The molecule has 0 aromatic carbocycles. The number of rotatable bonds is 4. The minimum Gasteiger partial charge on any atom is -0.468 e. The van der Waals surface area contributed by atoms with E-state index in [4.69, 9.17) is 4.42 Å². The zero-order valence-corrected chi connectivity index (χ0v) is 15.6. The van der Waals surface area contributed by atoms with Gasteiger partial charge in [-0.1, -0.05) is 6.42 Å². The van der Waals surface area contributed by atoms with Gasteiger partial charge in [-0.3, -0.25) is 14.7 Å². The number of carbonyl (C=O) groups is 1. The van der Waals surface area contributed by atoms with Gasteiger partial charge in [0.15, 0.2) is 0 Å². The van der Waals surface area contributed by atoms with Crippen molar-refractivity contribution in [2.45, 2.75) is 38.8 Å². The Balaban J connectivity index is 1.46. The molecular formula is C21H27N3O2. The van der Waals surface area contributed by atoms with Crippen molar-refractivity contribution >= 4 is 5.91 Å². The fraction of sp³-hybridized carbons (Fsp3) is 0.524. The molecule has 1 saturated heterocycles. The van der Waals surface area contributed by atoms with Gasteiger partial charge in [0.25, 0.3) is 5.91 Å². The minimum absolute atomic E-state index is 0.128. The van der Waals surface area contributed by atoms with Gasteiger partial charge < -0.3 is 9.32 Å². The van der Waals surface area contributed by atoms with Crippen LogP contribution in [0.3, 0.4) is 0 Å². The van der Waals surface area contributed by atoms with Crippen molar-refractivity contribution in [1.29, 1.82) is 0 Å². The Morgan fingerprint density at radius 1 is 1.35 bits per heavy atom. The Kier molecular flexibility index (Phi) is 4.81. The average molecular weight is 353 g/mol. The van der Waals surface area contributed by atoms with Crippen LogP contribution >= 0.6 is 0 Å². The molecule has 0 spiro atoms. The number of fused-ring (bicyclic) bond motifs is 1. The van der Waals surface area contributed by atoms with Gasteiger partial charge in [-0.15, -0.1) is 0 Å². The Morgan fingerprint density at radius 2 is 2.23 bits per heavy atom. The van der Waals surface area contributed by atoms with Crippen LogP contribution in [0.1, 0.15) is 40.9 Å². The van der Waals surface area contributed by atoms with Crippen LogP contribution in [-0.2, 0) is 6.54 Å². The van der Waals surface area contributed by atoms with Crippen molar-refractivity contribution < 1.29 is 9.21 Å². The van der Waals surface area contributed by atoms with Gasteiger partial charge in [0.05, 0.1) is 18.4 Å². The van der Waals surface area contributed by atoms with Crippen LogP contribution in [0.5, 0.6) is 0 Å². The third kappa shape index (κ3) is 3.40. The predicted molar refractivity (Wildman–Crippen MR) is 99.7 cm³/mol. The van der Waals surface area contributed by atoms with Crippen LogP contribution in [0.2, 0.25) is 0 Å². The molecule has 1 aliphatic heterocycles.